The Bertz CT molecular complexity index is 471. The van der Waals surface area contributed by atoms with E-state index in [0.29, 0.717) is 11.4 Å². The molecular weight excluding hydrogens is 248 g/mol. The number of ether oxygens (including phenoxy) is 2. The van der Waals surface area contributed by atoms with Gasteiger partial charge >= 0.3 is 5.97 Å². The summed E-state index contributed by atoms with van der Waals surface area (Å²) in [5.74, 6) is -0.467. The van der Waals surface area contributed by atoms with Crippen LogP contribution < -0.4 is 15.8 Å². The average Bonchev–Trinajstić information content (AvgIpc) is 3.19. The Morgan fingerprint density at radius 1 is 1.26 bits per heavy atom. The zero-order valence-electron chi connectivity index (χ0n) is 10.4. The first-order valence-corrected chi connectivity index (χ1v) is 6.07. The molecule has 0 bridgehead atoms. The number of carbonyl (C=O) groups is 2. The van der Waals surface area contributed by atoms with E-state index in [-0.39, 0.29) is 25.2 Å². The monoisotopic (exact) mass is 264 g/mol. The van der Waals surface area contributed by atoms with Crippen LogP contribution in [0.2, 0.25) is 0 Å². The molecule has 1 aromatic rings. The summed E-state index contributed by atoms with van der Waals surface area (Å²) < 4.78 is 9.97. The first kappa shape index (κ1) is 13.2. The molecule has 2 rings (SSSR count). The summed E-state index contributed by atoms with van der Waals surface area (Å²) in [5.41, 5.74) is 6.10. The van der Waals surface area contributed by atoms with Crippen molar-refractivity contribution in [3.8, 4) is 5.75 Å². The first-order chi connectivity index (χ1) is 9.15. The predicted molar refractivity (Wildman–Crippen MR) is 68.5 cm³/mol. The molecule has 102 valence electrons. The molecule has 0 aromatic heterocycles. The summed E-state index contributed by atoms with van der Waals surface area (Å²) >= 11 is 0. The Labute approximate surface area is 110 Å². The number of para-hydroxylation sites is 2. The standard InChI is InChI=1S/C13H16N2O4/c14-10-3-1-2-4-11(10)18-8-13(17)19-7-12(16)15-9-5-6-9/h1-4,9H,5-8,14H2,(H,15,16). The number of nitrogens with one attached hydrogen (secondary N) is 1. The fourth-order valence-corrected chi connectivity index (χ4v) is 1.43. The molecule has 0 radical (unpaired) electrons. The molecule has 0 saturated heterocycles. The largest absolute Gasteiger partial charge is 0.480 e. The van der Waals surface area contributed by atoms with Crippen molar-refractivity contribution in [3.63, 3.8) is 0 Å². The minimum absolute atomic E-state index is 0.256. The van der Waals surface area contributed by atoms with Gasteiger partial charge in [0.2, 0.25) is 0 Å². The van der Waals surface area contributed by atoms with Crippen LogP contribution in [0.25, 0.3) is 0 Å². The van der Waals surface area contributed by atoms with Crippen LogP contribution in [0, 0.1) is 0 Å². The molecule has 0 aliphatic heterocycles. The smallest absolute Gasteiger partial charge is 0.344 e. The van der Waals surface area contributed by atoms with Gasteiger partial charge in [0.15, 0.2) is 13.2 Å². The van der Waals surface area contributed by atoms with Crippen molar-refractivity contribution in [1.82, 2.24) is 5.32 Å². The van der Waals surface area contributed by atoms with Gasteiger partial charge < -0.3 is 20.5 Å². The summed E-state index contributed by atoms with van der Waals surface area (Å²) in [5, 5.41) is 2.72. The van der Waals surface area contributed by atoms with Crippen LogP contribution in [0.1, 0.15) is 12.8 Å². The van der Waals surface area contributed by atoms with Gasteiger partial charge in [-0.2, -0.15) is 0 Å². The van der Waals surface area contributed by atoms with E-state index in [1.165, 1.54) is 0 Å². The topological polar surface area (TPSA) is 90.7 Å². The third-order valence-electron chi connectivity index (χ3n) is 2.57. The quantitative estimate of drug-likeness (QED) is 0.575. The molecule has 1 amide bonds. The summed E-state index contributed by atoms with van der Waals surface area (Å²) in [6.07, 6.45) is 1.99. The third kappa shape index (κ3) is 4.50. The van der Waals surface area contributed by atoms with Gasteiger partial charge in [0.1, 0.15) is 5.75 Å². The highest BCUT2D eigenvalue weighted by molar-refractivity contribution is 5.81. The van der Waals surface area contributed by atoms with Gasteiger partial charge in [0.05, 0.1) is 5.69 Å². The Kier molecular flexibility index (Phi) is 4.22. The van der Waals surface area contributed by atoms with Crippen LogP contribution in [0.15, 0.2) is 24.3 Å². The highest BCUT2D eigenvalue weighted by Crippen LogP contribution is 2.19. The SMILES string of the molecule is Nc1ccccc1OCC(=O)OCC(=O)NC1CC1. The van der Waals surface area contributed by atoms with E-state index >= 15 is 0 Å². The van der Waals surface area contributed by atoms with Crippen molar-refractivity contribution in [2.45, 2.75) is 18.9 Å². The van der Waals surface area contributed by atoms with E-state index in [2.05, 4.69) is 5.32 Å². The highest BCUT2D eigenvalue weighted by atomic mass is 16.6. The summed E-state index contributed by atoms with van der Waals surface area (Å²) in [7, 11) is 0. The Hall–Kier alpha value is -2.24. The minimum atomic E-state index is -0.603. The maximum atomic E-state index is 11.4. The predicted octanol–water partition coefficient (Wildman–Crippen LogP) is 0.469. The number of hydrogen-bond donors (Lipinski definition) is 2. The van der Waals surface area contributed by atoms with Crippen LogP contribution in [-0.2, 0) is 14.3 Å². The number of hydrogen-bond acceptors (Lipinski definition) is 5. The van der Waals surface area contributed by atoms with E-state index in [9.17, 15) is 9.59 Å². The summed E-state index contributed by atoms with van der Waals surface area (Å²) in [4.78, 5) is 22.6. The van der Waals surface area contributed by atoms with Gasteiger partial charge in [0.25, 0.3) is 5.91 Å². The van der Waals surface area contributed by atoms with Crippen molar-refractivity contribution < 1.29 is 19.1 Å². The first-order valence-electron chi connectivity index (χ1n) is 6.07. The maximum absolute atomic E-state index is 11.4. The lowest BCUT2D eigenvalue weighted by atomic mass is 10.3. The molecule has 6 heteroatoms. The van der Waals surface area contributed by atoms with E-state index in [4.69, 9.17) is 15.2 Å². The average molecular weight is 264 g/mol. The zero-order valence-corrected chi connectivity index (χ0v) is 10.4. The number of rotatable bonds is 6. The van der Waals surface area contributed by atoms with Gasteiger partial charge in [-0.05, 0) is 25.0 Å². The summed E-state index contributed by atoms with van der Waals surface area (Å²) in [6, 6.07) is 7.10. The molecule has 1 saturated carbocycles. The third-order valence-corrected chi connectivity index (χ3v) is 2.57. The summed E-state index contributed by atoms with van der Waals surface area (Å²) in [6.45, 7) is -0.548. The Morgan fingerprint density at radius 3 is 2.68 bits per heavy atom. The van der Waals surface area contributed by atoms with Crippen molar-refractivity contribution in [1.29, 1.82) is 0 Å². The number of carbonyl (C=O) groups excluding carboxylic acids is 2. The Morgan fingerprint density at radius 2 is 2.00 bits per heavy atom. The molecule has 3 N–H and O–H groups in total. The number of nitrogen functional groups attached to an aromatic ring is 1. The van der Waals surface area contributed by atoms with Crippen LogP contribution in [0.4, 0.5) is 5.69 Å². The normalized spacial score (nSPS) is 13.7. The lowest BCUT2D eigenvalue weighted by molar-refractivity contribution is -0.150. The zero-order chi connectivity index (χ0) is 13.7. The fraction of sp³-hybridized carbons (Fsp3) is 0.385. The van der Waals surface area contributed by atoms with Crippen LogP contribution in [-0.4, -0.2) is 31.1 Å². The minimum Gasteiger partial charge on any atom is -0.480 e. The molecule has 19 heavy (non-hydrogen) atoms. The second-order valence-corrected chi connectivity index (χ2v) is 4.33. The van der Waals surface area contributed by atoms with Crippen molar-refractivity contribution >= 4 is 17.6 Å². The molecule has 0 heterocycles. The molecule has 0 unspecified atom stereocenters. The molecular formula is C13H16N2O4. The van der Waals surface area contributed by atoms with Crippen LogP contribution in [0.3, 0.4) is 0 Å². The second-order valence-electron chi connectivity index (χ2n) is 4.33. The molecule has 0 atom stereocenters. The lowest BCUT2D eigenvalue weighted by Crippen LogP contribution is -2.31. The van der Waals surface area contributed by atoms with E-state index in [1.54, 1.807) is 24.3 Å². The van der Waals surface area contributed by atoms with Gasteiger partial charge in [-0.25, -0.2) is 4.79 Å². The van der Waals surface area contributed by atoms with Crippen molar-refractivity contribution in [3.05, 3.63) is 24.3 Å². The second kappa shape index (κ2) is 6.08. The number of amides is 1. The Balaban J connectivity index is 1.66. The van der Waals surface area contributed by atoms with Gasteiger partial charge in [0, 0.05) is 6.04 Å². The van der Waals surface area contributed by atoms with E-state index in [0.717, 1.165) is 12.8 Å². The van der Waals surface area contributed by atoms with Gasteiger partial charge in [-0.3, -0.25) is 4.79 Å². The number of benzene rings is 1. The van der Waals surface area contributed by atoms with Crippen molar-refractivity contribution in [2.75, 3.05) is 18.9 Å². The van der Waals surface area contributed by atoms with Crippen LogP contribution >= 0.6 is 0 Å². The fourth-order valence-electron chi connectivity index (χ4n) is 1.43. The van der Waals surface area contributed by atoms with E-state index < -0.39 is 5.97 Å². The molecule has 6 nitrogen and oxygen atoms in total. The van der Waals surface area contributed by atoms with Gasteiger partial charge in [-0.1, -0.05) is 12.1 Å². The molecule has 1 aliphatic rings. The van der Waals surface area contributed by atoms with E-state index in [1.807, 2.05) is 0 Å². The van der Waals surface area contributed by atoms with Gasteiger partial charge in [-0.15, -0.1) is 0 Å². The maximum Gasteiger partial charge on any atom is 0.344 e. The molecule has 0 spiro atoms. The molecule has 1 fully saturated rings. The molecule has 1 aliphatic carbocycles. The number of nitrogens with two attached hydrogens (primary N) is 1. The lowest BCUT2D eigenvalue weighted by Gasteiger charge is -2.08. The number of esters is 1. The van der Waals surface area contributed by atoms with Crippen LogP contribution in [0.5, 0.6) is 5.75 Å². The van der Waals surface area contributed by atoms with Crippen molar-refractivity contribution in [2.24, 2.45) is 0 Å². The number of anilines is 1. The molecule has 1 aromatic carbocycles. The highest BCUT2D eigenvalue weighted by Gasteiger charge is 2.23.